The van der Waals surface area contributed by atoms with Crippen LogP contribution < -0.4 is 5.43 Å². The molecular formula is C18H12ClNO3. The molecule has 23 heavy (non-hydrogen) atoms. The Bertz CT molecular complexity index is 991. The Morgan fingerprint density at radius 3 is 2.48 bits per heavy atom. The maximum absolute atomic E-state index is 12.9. The quantitative estimate of drug-likeness (QED) is 0.686. The number of carbonyl (C=O) groups is 1. The van der Waals surface area contributed by atoms with Gasteiger partial charge in [0.05, 0.1) is 17.0 Å². The monoisotopic (exact) mass is 325 g/mol. The summed E-state index contributed by atoms with van der Waals surface area (Å²) in [6.07, 6.45) is 0. The van der Waals surface area contributed by atoms with Crippen LogP contribution in [0.5, 0.6) is 0 Å². The van der Waals surface area contributed by atoms with Crippen LogP contribution in [0.25, 0.3) is 11.0 Å². The van der Waals surface area contributed by atoms with E-state index in [1.807, 2.05) is 12.1 Å². The first kappa shape index (κ1) is 14.0. The summed E-state index contributed by atoms with van der Waals surface area (Å²) in [7, 11) is 1.67. The lowest BCUT2D eigenvalue weighted by atomic mass is 9.99. The molecule has 114 valence electrons. The minimum Gasteiger partial charge on any atom is -0.450 e. The van der Waals surface area contributed by atoms with Crippen LogP contribution in [0, 0.1) is 0 Å². The van der Waals surface area contributed by atoms with Gasteiger partial charge < -0.3 is 9.32 Å². The normalized spacial score (nSPS) is 16.9. The van der Waals surface area contributed by atoms with Crippen molar-refractivity contribution >= 4 is 28.5 Å². The van der Waals surface area contributed by atoms with Crippen molar-refractivity contribution in [2.75, 3.05) is 7.05 Å². The van der Waals surface area contributed by atoms with Gasteiger partial charge in [-0.3, -0.25) is 9.59 Å². The highest BCUT2D eigenvalue weighted by Gasteiger charge is 2.40. The number of para-hydroxylation sites is 1. The lowest BCUT2D eigenvalue weighted by Gasteiger charge is -2.20. The van der Waals surface area contributed by atoms with Gasteiger partial charge in [0.2, 0.25) is 5.76 Å². The molecule has 0 radical (unpaired) electrons. The summed E-state index contributed by atoms with van der Waals surface area (Å²) in [6.45, 7) is 0. The van der Waals surface area contributed by atoms with E-state index in [1.54, 1.807) is 43.4 Å². The van der Waals surface area contributed by atoms with Gasteiger partial charge in [0.15, 0.2) is 5.43 Å². The van der Waals surface area contributed by atoms with Gasteiger partial charge in [-0.2, -0.15) is 0 Å². The van der Waals surface area contributed by atoms with Crippen LogP contribution in [0.1, 0.15) is 27.7 Å². The van der Waals surface area contributed by atoms with Gasteiger partial charge in [-0.05, 0) is 29.8 Å². The molecule has 5 heteroatoms. The molecule has 1 aromatic heterocycles. The molecule has 1 aliphatic rings. The van der Waals surface area contributed by atoms with E-state index in [9.17, 15) is 9.59 Å². The van der Waals surface area contributed by atoms with Gasteiger partial charge >= 0.3 is 0 Å². The van der Waals surface area contributed by atoms with Crippen molar-refractivity contribution in [2.24, 2.45) is 0 Å². The van der Waals surface area contributed by atoms with E-state index in [0.717, 1.165) is 5.56 Å². The fourth-order valence-electron chi connectivity index (χ4n) is 3.07. The average molecular weight is 326 g/mol. The fraction of sp³-hybridized carbons (Fsp3) is 0.111. The summed E-state index contributed by atoms with van der Waals surface area (Å²) in [4.78, 5) is 26.9. The number of rotatable bonds is 1. The van der Waals surface area contributed by atoms with Crippen LogP contribution in [0.2, 0.25) is 5.02 Å². The van der Waals surface area contributed by atoms with E-state index in [-0.39, 0.29) is 17.1 Å². The van der Waals surface area contributed by atoms with Crippen molar-refractivity contribution in [2.45, 2.75) is 6.04 Å². The SMILES string of the molecule is CN1C(=O)c2oc3ccccc3c(=O)c2C1c1ccc(Cl)cc1. The summed E-state index contributed by atoms with van der Waals surface area (Å²) < 4.78 is 5.73. The second-order valence-corrected chi connectivity index (χ2v) is 5.98. The molecular weight excluding hydrogens is 314 g/mol. The van der Waals surface area contributed by atoms with Crippen LogP contribution >= 0.6 is 11.6 Å². The van der Waals surface area contributed by atoms with Crippen LogP contribution in [0.15, 0.2) is 57.7 Å². The summed E-state index contributed by atoms with van der Waals surface area (Å²) in [6, 6.07) is 13.6. The molecule has 2 heterocycles. The number of hydrogen-bond acceptors (Lipinski definition) is 3. The van der Waals surface area contributed by atoms with Crippen LogP contribution in [0.3, 0.4) is 0 Å². The number of benzene rings is 2. The van der Waals surface area contributed by atoms with Gasteiger partial charge in [-0.25, -0.2) is 0 Å². The van der Waals surface area contributed by atoms with Crippen LogP contribution in [-0.4, -0.2) is 17.9 Å². The first-order valence-corrected chi connectivity index (χ1v) is 7.54. The second kappa shape index (κ2) is 4.96. The van der Waals surface area contributed by atoms with Crippen LogP contribution in [-0.2, 0) is 0 Å². The van der Waals surface area contributed by atoms with E-state index in [2.05, 4.69) is 0 Å². The Labute approximate surface area is 136 Å². The molecule has 0 saturated heterocycles. The predicted octanol–water partition coefficient (Wildman–Crippen LogP) is 3.62. The maximum Gasteiger partial charge on any atom is 0.290 e. The predicted molar refractivity (Wildman–Crippen MR) is 87.9 cm³/mol. The largest absolute Gasteiger partial charge is 0.450 e. The zero-order valence-electron chi connectivity index (χ0n) is 12.2. The highest BCUT2D eigenvalue weighted by atomic mass is 35.5. The number of hydrogen-bond donors (Lipinski definition) is 0. The Kier molecular flexibility index (Phi) is 3.03. The van der Waals surface area contributed by atoms with Crippen molar-refractivity contribution in [1.82, 2.24) is 4.90 Å². The lowest BCUT2D eigenvalue weighted by molar-refractivity contribution is 0.0771. The summed E-state index contributed by atoms with van der Waals surface area (Å²) in [5.41, 5.74) is 1.47. The average Bonchev–Trinajstić information content (AvgIpc) is 2.81. The Hall–Kier alpha value is -2.59. The number of amides is 1. The fourth-order valence-corrected chi connectivity index (χ4v) is 3.20. The number of halogens is 1. The van der Waals surface area contributed by atoms with Crippen LogP contribution in [0.4, 0.5) is 0 Å². The Balaban J connectivity index is 2.03. The minimum absolute atomic E-state index is 0.121. The first-order valence-electron chi connectivity index (χ1n) is 7.16. The van der Waals surface area contributed by atoms with E-state index in [4.69, 9.17) is 16.0 Å². The molecule has 1 atom stereocenters. The maximum atomic E-state index is 12.9. The van der Waals surface area contributed by atoms with Crippen molar-refractivity contribution in [3.8, 4) is 0 Å². The third-order valence-electron chi connectivity index (χ3n) is 4.19. The lowest BCUT2D eigenvalue weighted by Crippen LogP contribution is -2.25. The van der Waals surface area contributed by atoms with Gasteiger partial charge in [0.25, 0.3) is 5.91 Å². The Morgan fingerprint density at radius 1 is 1.04 bits per heavy atom. The molecule has 1 amide bonds. The number of fused-ring (bicyclic) bond motifs is 2. The summed E-state index contributed by atoms with van der Waals surface area (Å²) >= 11 is 5.93. The third kappa shape index (κ3) is 1.99. The minimum atomic E-state index is -0.462. The highest BCUT2D eigenvalue weighted by Crippen LogP contribution is 2.37. The smallest absolute Gasteiger partial charge is 0.290 e. The summed E-state index contributed by atoms with van der Waals surface area (Å²) in [5, 5.41) is 1.08. The molecule has 2 aromatic carbocycles. The van der Waals surface area contributed by atoms with Crippen molar-refractivity contribution < 1.29 is 9.21 Å². The Morgan fingerprint density at radius 2 is 1.74 bits per heavy atom. The van der Waals surface area contributed by atoms with Crippen molar-refractivity contribution in [3.63, 3.8) is 0 Å². The molecule has 3 aromatic rings. The van der Waals surface area contributed by atoms with Gasteiger partial charge in [-0.15, -0.1) is 0 Å². The van der Waals surface area contributed by atoms with E-state index in [1.165, 1.54) is 4.90 Å². The zero-order chi connectivity index (χ0) is 16.1. The van der Waals surface area contributed by atoms with E-state index in [0.29, 0.717) is 21.6 Å². The van der Waals surface area contributed by atoms with E-state index < -0.39 is 6.04 Å². The molecule has 1 unspecified atom stereocenters. The summed E-state index contributed by atoms with van der Waals surface area (Å²) in [5.74, 6) is -0.168. The zero-order valence-corrected chi connectivity index (χ0v) is 13.0. The standard InChI is InChI=1S/C18H12ClNO3/c1-20-15(10-6-8-11(19)9-7-10)14-16(21)12-4-2-3-5-13(12)23-17(14)18(20)22/h2-9,15H,1H3. The third-order valence-corrected chi connectivity index (χ3v) is 4.45. The highest BCUT2D eigenvalue weighted by molar-refractivity contribution is 6.30. The molecule has 0 fully saturated rings. The topological polar surface area (TPSA) is 50.5 Å². The first-order chi connectivity index (χ1) is 11.1. The van der Waals surface area contributed by atoms with Gasteiger partial charge in [0.1, 0.15) is 5.58 Å². The molecule has 0 bridgehead atoms. The molecule has 0 N–H and O–H groups in total. The van der Waals surface area contributed by atoms with E-state index >= 15 is 0 Å². The molecule has 4 rings (SSSR count). The molecule has 0 saturated carbocycles. The number of carbonyl (C=O) groups excluding carboxylic acids is 1. The van der Waals surface area contributed by atoms with Crippen molar-refractivity contribution in [1.29, 1.82) is 0 Å². The molecule has 0 spiro atoms. The molecule has 1 aliphatic heterocycles. The van der Waals surface area contributed by atoms with Gasteiger partial charge in [-0.1, -0.05) is 35.9 Å². The molecule has 4 nitrogen and oxygen atoms in total. The van der Waals surface area contributed by atoms with Gasteiger partial charge in [0, 0.05) is 12.1 Å². The molecule has 0 aliphatic carbocycles. The number of nitrogens with zero attached hydrogens (tertiary/aromatic N) is 1. The van der Waals surface area contributed by atoms with Crippen molar-refractivity contribution in [3.05, 3.63) is 80.7 Å². The second-order valence-electron chi connectivity index (χ2n) is 5.54.